The molecule has 0 heterocycles. The van der Waals surface area contributed by atoms with E-state index in [2.05, 4.69) is 10.6 Å². The number of carbonyl (C=O) groups excluding carboxylic acids is 1. The van der Waals surface area contributed by atoms with Gasteiger partial charge in [-0.25, -0.2) is 8.42 Å². The van der Waals surface area contributed by atoms with Crippen molar-refractivity contribution < 1.29 is 22.7 Å². The normalized spacial score (nSPS) is 11.1. The molecular weight excluding hydrogens is 452 g/mol. The summed E-state index contributed by atoms with van der Waals surface area (Å²) in [7, 11) is -1.18. The van der Waals surface area contributed by atoms with Crippen molar-refractivity contribution in [3.63, 3.8) is 0 Å². The lowest BCUT2D eigenvalue weighted by Crippen LogP contribution is -2.22. The molecule has 0 bridgehead atoms. The number of amides is 1. The zero-order chi connectivity index (χ0) is 24.1. The number of methoxy groups -OCH3 is 2. The van der Waals surface area contributed by atoms with Crippen molar-refractivity contribution >= 4 is 37.9 Å². The summed E-state index contributed by atoms with van der Waals surface area (Å²) in [4.78, 5) is 12.7. The van der Waals surface area contributed by atoms with E-state index in [0.717, 1.165) is 10.8 Å². The van der Waals surface area contributed by atoms with Gasteiger partial charge in [0.15, 0.2) is 10.6 Å². The third-order valence-electron chi connectivity index (χ3n) is 5.33. The quantitative estimate of drug-likeness (QED) is 0.382. The molecule has 7 nitrogen and oxygen atoms in total. The summed E-state index contributed by atoms with van der Waals surface area (Å²) in [6.45, 7) is -0.100. The number of anilines is 2. The lowest BCUT2D eigenvalue weighted by atomic mass is 10.1. The summed E-state index contributed by atoms with van der Waals surface area (Å²) in [5, 5.41) is 7.83. The minimum Gasteiger partial charge on any atom is -0.495 e. The summed E-state index contributed by atoms with van der Waals surface area (Å²) in [6.07, 6.45) is 0. The maximum atomic E-state index is 13.4. The number of ether oxygens (including phenoxy) is 2. The molecule has 4 rings (SSSR count). The van der Waals surface area contributed by atoms with Crippen LogP contribution in [0.25, 0.3) is 10.8 Å². The fourth-order valence-corrected chi connectivity index (χ4v) is 5.33. The van der Waals surface area contributed by atoms with E-state index in [0.29, 0.717) is 11.4 Å². The zero-order valence-electron chi connectivity index (χ0n) is 18.7. The number of rotatable bonds is 8. The van der Waals surface area contributed by atoms with Crippen LogP contribution in [0.2, 0.25) is 0 Å². The van der Waals surface area contributed by atoms with E-state index in [4.69, 9.17) is 9.47 Å². The lowest BCUT2D eigenvalue weighted by Gasteiger charge is -2.18. The number of benzene rings is 4. The van der Waals surface area contributed by atoms with Gasteiger partial charge < -0.3 is 20.1 Å². The van der Waals surface area contributed by atoms with Crippen molar-refractivity contribution in [2.75, 3.05) is 31.4 Å². The Bertz CT molecular complexity index is 1430. The van der Waals surface area contributed by atoms with Crippen molar-refractivity contribution in [2.24, 2.45) is 0 Å². The highest BCUT2D eigenvalue weighted by atomic mass is 32.2. The van der Waals surface area contributed by atoms with E-state index >= 15 is 0 Å². The van der Waals surface area contributed by atoms with Crippen LogP contribution in [0.3, 0.4) is 0 Å². The molecule has 0 fully saturated rings. The molecule has 1 amide bonds. The number of fused-ring (bicyclic) bond motifs is 1. The molecule has 174 valence electrons. The highest BCUT2D eigenvalue weighted by Gasteiger charge is 2.29. The molecule has 0 saturated heterocycles. The molecular formula is C26H24N2O5S. The first-order valence-electron chi connectivity index (χ1n) is 10.5. The van der Waals surface area contributed by atoms with Crippen LogP contribution in [0.5, 0.6) is 11.5 Å². The van der Waals surface area contributed by atoms with Crippen molar-refractivity contribution in [1.82, 2.24) is 0 Å². The van der Waals surface area contributed by atoms with Crippen LogP contribution in [0, 0.1) is 0 Å². The SMILES string of the molecule is COc1ccc(NCC(=O)Nc2cccc3ccccc23)c(OC)c1S(=O)(=O)c1ccccc1. The van der Waals surface area contributed by atoms with E-state index in [1.54, 1.807) is 24.3 Å². The molecule has 0 aliphatic rings. The first-order chi connectivity index (χ1) is 16.5. The van der Waals surface area contributed by atoms with Gasteiger partial charge in [0, 0.05) is 11.1 Å². The van der Waals surface area contributed by atoms with Crippen LogP contribution < -0.4 is 20.1 Å². The molecule has 0 unspecified atom stereocenters. The Morgan fingerprint density at radius 3 is 2.24 bits per heavy atom. The zero-order valence-corrected chi connectivity index (χ0v) is 19.6. The predicted octanol–water partition coefficient (Wildman–Crippen LogP) is 4.74. The molecule has 0 spiro atoms. The summed E-state index contributed by atoms with van der Waals surface area (Å²) < 4.78 is 37.6. The monoisotopic (exact) mass is 476 g/mol. The molecule has 0 aliphatic heterocycles. The third kappa shape index (κ3) is 4.53. The van der Waals surface area contributed by atoms with E-state index in [9.17, 15) is 13.2 Å². The van der Waals surface area contributed by atoms with Gasteiger partial charge in [-0.2, -0.15) is 0 Å². The summed E-state index contributed by atoms with van der Waals surface area (Å²) in [6, 6.07) is 24.6. The molecule has 8 heteroatoms. The number of hydrogen-bond donors (Lipinski definition) is 2. The van der Waals surface area contributed by atoms with Crippen LogP contribution in [0.4, 0.5) is 11.4 Å². The molecule has 0 aromatic heterocycles. The van der Waals surface area contributed by atoms with Crippen molar-refractivity contribution in [2.45, 2.75) is 9.79 Å². The minimum absolute atomic E-state index is 0.0705. The second-order valence-electron chi connectivity index (χ2n) is 7.42. The molecule has 4 aromatic carbocycles. The van der Waals surface area contributed by atoms with E-state index in [1.165, 1.54) is 32.4 Å². The number of hydrogen-bond acceptors (Lipinski definition) is 6. The summed E-state index contributed by atoms with van der Waals surface area (Å²) >= 11 is 0. The predicted molar refractivity (Wildman–Crippen MR) is 133 cm³/mol. The molecule has 0 atom stereocenters. The number of nitrogens with one attached hydrogen (secondary N) is 2. The first kappa shape index (κ1) is 23.1. The lowest BCUT2D eigenvalue weighted by molar-refractivity contribution is -0.114. The van der Waals surface area contributed by atoms with Crippen LogP contribution in [-0.4, -0.2) is 35.1 Å². The second-order valence-corrected chi connectivity index (χ2v) is 9.31. The topological polar surface area (TPSA) is 93.7 Å². The molecule has 4 aromatic rings. The summed E-state index contributed by atoms with van der Waals surface area (Å²) in [5.74, 6) is -0.0747. The van der Waals surface area contributed by atoms with Gasteiger partial charge in [0.05, 0.1) is 31.3 Å². The standard InChI is InChI=1S/C26H24N2O5S/c1-32-23-16-15-22(25(33-2)26(23)34(30,31)19-11-4-3-5-12-19)27-17-24(29)28-21-14-8-10-18-9-6-7-13-20(18)21/h3-16,27H,17H2,1-2H3,(H,28,29). The highest BCUT2D eigenvalue weighted by Crippen LogP contribution is 2.42. The van der Waals surface area contributed by atoms with Gasteiger partial charge in [0.2, 0.25) is 15.7 Å². The van der Waals surface area contributed by atoms with Crippen LogP contribution >= 0.6 is 0 Å². The smallest absolute Gasteiger partial charge is 0.243 e. The molecule has 2 N–H and O–H groups in total. The van der Waals surface area contributed by atoms with E-state index < -0.39 is 9.84 Å². The van der Waals surface area contributed by atoms with Crippen molar-refractivity contribution in [1.29, 1.82) is 0 Å². The van der Waals surface area contributed by atoms with Gasteiger partial charge >= 0.3 is 0 Å². The van der Waals surface area contributed by atoms with Crippen LogP contribution in [-0.2, 0) is 14.6 Å². The minimum atomic E-state index is -3.95. The molecule has 34 heavy (non-hydrogen) atoms. The van der Waals surface area contributed by atoms with E-state index in [1.807, 2.05) is 42.5 Å². The molecule has 0 saturated carbocycles. The Kier molecular flexibility index (Phi) is 6.70. The number of sulfone groups is 1. The average Bonchev–Trinajstić information content (AvgIpc) is 2.87. The Morgan fingerprint density at radius 2 is 1.50 bits per heavy atom. The van der Waals surface area contributed by atoms with Gasteiger partial charge in [-0.15, -0.1) is 0 Å². The van der Waals surface area contributed by atoms with Gasteiger partial charge in [0.25, 0.3) is 0 Å². The molecule has 0 aliphatic carbocycles. The van der Waals surface area contributed by atoms with Gasteiger partial charge in [-0.3, -0.25) is 4.79 Å². The fraction of sp³-hybridized carbons (Fsp3) is 0.115. The second kappa shape index (κ2) is 9.84. The maximum Gasteiger partial charge on any atom is 0.243 e. The van der Waals surface area contributed by atoms with Crippen LogP contribution in [0.1, 0.15) is 0 Å². The largest absolute Gasteiger partial charge is 0.495 e. The number of carbonyl (C=O) groups is 1. The Hall–Kier alpha value is -4.04. The van der Waals surface area contributed by atoms with Gasteiger partial charge in [0.1, 0.15) is 5.75 Å². The summed E-state index contributed by atoms with van der Waals surface area (Å²) in [5.41, 5.74) is 1.05. The Morgan fingerprint density at radius 1 is 0.794 bits per heavy atom. The average molecular weight is 477 g/mol. The molecule has 0 radical (unpaired) electrons. The van der Waals surface area contributed by atoms with Gasteiger partial charge in [-0.05, 0) is 35.7 Å². The Labute approximate surface area is 198 Å². The van der Waals surface area contributed by atoms with Crippen LogP contribution in [0.15, 0.2) is 94.7 Å². The fourth-order valence-electron chi connectivity index (χ4n) is 3.72. The van der Waals surface area contributed by atoms with Crippen molar-refractivity contribution in [3.8, 4) is 11.5 Å². The maximum absolute atomic E-state index is 13.4. The van der Waals surface area contributed by atoms with Gasteiger partial charge in [-0.1, -0.05) is 54.6 Å². The first-order valence-corrected chi connectivity index (χ1v) is 12.0. The van der Waals surface area contributed by atoms with Crippen molar-refractivity contribution in [3.05, 3.63) is 84.9 Å². The highest BCUT2D eigenvalue weighted by molar-refractivity contribution is 7.91. The third-order valence-corrected chi connectivity index (χ3v) is 7.14. The Balaban J connectivity index is 1.61. The van der Waals surface area contributed by atoms with E-state index in [-0.39, 0.29) is 33.7 Å².